The van der Waals surface area contributed by atoms with Crippen LogP contribution in [0.25, 0.3) is 0 Å². The fourth-order valence-electron chi connectivity index (χ4n) is 2.69. The molecular weight excluding hydrogens is 356 g/mol. The summed E-state index contributed by atoms with van der Waals surface area (Å²) in [5, 5.41) is 4.18. The fraction of sp³-hybridized carbons (Fsp3) is 0.529. The highest BCUT2D eigenvalue weighted by Gasteiger charge is 2.59. The van der Waals surface area contributed by atoms with Crippen LogP contribution >= 0.6 is 0 Å². The summed E-state index contributed by atoms with van der Waals surface area (Å²) in [4.78, 5) is 23.4. The van der Waals surface area contributed by atoms with Crippen LogP contribution in [0.1, 0.15) is 39.2 Å². The third kappa shape index (κ3) is 3.91. The van der Waals surface area contributed by atoms with E-state index in [9.17, 15) is 27.2 Å². The molecule has 0 bridgehead atoms. The number of hydrogen-bond acceptors (Lipinski definition) is 3. The van der Waals surface area contributed by atoms with Crippen molar-refractivity contribution in [2.45, 2.75) is 50.7 Å². The molecular formula is C17H20F4N2O3. The highest BCUT2D eigenvalue weighted by molar-refractivity contribution is 5.85. The van der Waals surface area contributed by atoms with Gasteiger partial charge in [-0.15, -0.1) is 0 Å². The van der Waals surface area contributed by atoms with Crippen molar-refractivity contribution < 1.29 is 31.9 Å². The molecule has 0 radical (unpaired) electrons. The van der Waals surface area contributed by atoms with Crippen molar-refractivity contribution in [1.82, 2.24) is 5.32 Å². The molecule has 0 aliphatic carbocycles. The van der Waals surface area contributed by atoms with Gasteiger partial charge in [0.15, 0.2) is 5.54 Å². The molecule has 2 amide bonds. The van der Waals surface area contributed by atoms with Crippen molar-refractivity contribution in [3.8, 4) is 0 Å². The Kier molecular flexibility index (Phi) is 5.21. The summed E-state index contributed by atoms with van der Waals surface area (Å²) in [6.45, 7) is 3.16. The summed E-state index contributed by atoms with van der Waals surface area (Å²) in [6, 6.07) is 2.81. The lowest BCUT2D eigenvalue weighted by Gasteiger charge is -2.42. The highest BCUT2D eigenvalue weighted by Crippen LogP contribution is 2.45. The molecule has 144 valence electrons. The van der Waals surface area contributed by atoms with Gasteiger partial charge in [0, 0.05) is 24.1 Å². The van der Waals surface area contributed by atoms with Crippen molar-refractivity contribution in [2.75, 3.05) is 12.0 Å². The summed E-state index contributed by atoms with van der Waals surface area (Å²) in [5.74, 6) is -5.64. The number of halogens is 4. The van der Waals surface area contributed by atoms with Gasteiger partial charge in [-0.05, 0) is 39.0 Å². The first-order chi connectivity index (χ1) is 11.9. The first-order valence-corrected chi connectivity index (χ1v) is 7.95. The van der Waals surface area contributed by atoms with Gasteiger partial charge in [-0.25, -0.2) is 22.4 Å². The van der Waals surface area contributed by atoms with E-state index >= 15 is 0 Å². The molecule has 1 aromatic rings. The molecule has 0 spiro atoms. The van der Waals surface area contributed by atoms with Crippen LogP contribution in [0.15, 0.2) is 18.2 Å². The zero-order chi connectivity index (χ0) is 19.8. The monoisotopic (exact) mass is 376 g/mol. The van der Waals surface area contributed by atoms with Gasteiger partial charge in [-0.2, -0.15) is 0 Å². The average molecular weight is 376 g/mol. The largest absolute Gasteiger partial charge is 0.444 e. The Morgan fingerprint density at radius 3 is 2.58 bits per heavy atom. The zero-order valence-corrected chi connectivity index (χ0v) is 14.6. The standard InChI is InChI=1S/C17H20F4N2O3/c1-15(2,3)26-14(25)22-10-4-5-12(19)11(8-10)16(9-18)17(20,21)7-6-13(24)23-16/h4-5,8H,6-7,9H2,1-3H3,(H,22,25)(H,23,24)/t16-/m1/s1. The maximum atomic E-state index is 14.4. The van der Waals surface area contributed by atoms with Crippen molar-refractivity contribution in [3.63, 3.8) is 0 Å². The van der Waals surface area contributed by atoms with E-state index in [0.29, 0.717) is 0 Å². The van der Waals surface area contributed by atoms with Gasteiger partial charge >= 0.3 is 6.09 Å². The van der Waals surface area contributed by atoms with Crippen molar-refractivity contribution in [3.05, 3.63) is 29.6 Å². The Morgan fingerprint density at radius 2 is 2.00 bits per heavy atom. The Balaban J connectivity index is 2.42. The second kappa shape index (κ2) is 6.77. The van der Waals surface area contributed by atoms with Crippen molar-refractivity contribution >= 4 is 17.7 Å². The third-order valence-corrected chi connectivity index (χ3v) is 3.92. The number of anilines is 1. The van der Waals surface area contributed by atoms with E-state index in [2.05, 4.69) is 5.32 Å². The zero-order valence-electron chi connectivity index (χ0n) is 14.6. The quantitative estimate of drug-likeness (QED) is 0.787. The number of amides is 2. The number of benzene rings is 1. The number of rotatable bonds is 3. The summed E-state index contributed by atoms with van der Waals surface area (Å²) < 4.78 is 61.9. The number of hydrogen-bond donors (Lipinski definition) is 2. The molecule has 1 heterocycles. The van der Waals surface area contributed by atoms with Crippen LogP contribution in [0.3, 0.4) is 0 Å². The Labute approximate surface area is 148 Å². The number of ether oxygens (including phenoxy) is 1. The van der Waals surface area contributed by atoms with E-state index in [4.69, 9.17) is 4.74 Å². The van der Waals surface area contributed by atoms with Gasteiger partial charge in [0.2, 0.25) is 5.91 Å². The van der Waals surface area contributed by atoms with Gasteiger partial charge < -0.3 is 10.1 Å². The molecule has 2 N–H and O–H groups in total. The summed E-state index contributed by atoms with van der Waals surface area (Å²) in [7, 11) is 0. The Bertz CT molecular complexity index is 718. The van der Waals surface area contributed by atoms with Crippen LogP contribution in [0.2, 0.25) is 0 Å². The SMILES string of the molecule is CC(C)(C)OC(=O)Nc1ccc(F)c([C@@]2(CF)NC(=O)CCC2(F)F)c1. The lowest BCUT2D eigenvalue weighted by Crippen LogP contribution is -2.63. The Morgan fingerprint density at radius 1 is 1.35 bits per heavy atom. The number of carbonyl (C=O) groups excluding carboxylic acids is 2. The van der Waals surface area contributed by atoms with Crippen molar-refractivity contribution in [1.29, 1.82) is 0 Å². The lowest BCUT2D eigenvalue weighted by molar-refractivity contribution is -0.156. The minimum absolute atomic E-state index is 0.0703. The minimum Gasteiger partial charge on any atom is -0.444 e. The number of nitrogens with one attached hydrogen (secondary N) is 2. The molecule has 1 atom stereocenters. The second-order valence-electron chi connectivity index (χ2n) is 7.11. The van der Waals surface area contributed by atoms with Crippen LogP contribution in [0, 0.1) is 5.82 Å². The Hall–Kier alpha value is -2.32. The predicted octanol–water partition coefficient (Wildman–Crippen LogP) is 3.88. The molecule has 26 heavy (non-hydrogen) atoms. The average Bonchev–Trinajstić information content (AvgIpc) is 2.50. The molecule has 1 saturated heterocycles. The van der Waals surface area contributed by atoms with E-state index < -0.39 is 60.0 Å². The smallest absolute Gasteiger partial charge is 0.412 e. The maximum absolute atomic E-state index is 14.4. The predicted molar refractivity (Wildman–Crippen MR) is 86.2 cm³/mol. The third-order valence-electron chi connectivity index (χ3n) is 3.92. The van der Waals surface area contributed by atoms with Gasteiger partial charge in [-0.1, -0.05) is 0 Å². The fourth-order valence-corrected chi connectivity index (χ4v) is 2.69. The summed E-state index contributed by atoms with van der Waals surface area (Å²) in [6.07, 6.45) is -2.29. The minimum atomic E-state index is -3.71. The van der Waals surface area contributed by atoms with Gasteiger partial charge in [0.25, 0.3) is 5.92 Å². The van der Waals surface area contributed by atoms with E-state index in [1.165, 1.54) is 0 Å². The molecule has 2 rings (SSSR count). The molecule has 0 unspecified atom stereocenters. The van der Waals surface area contributed by atoms with Crippen LogP contribution in [-0.4, -0.2) is 30.2 Å². The lowest BCUT2D eigenvalue weighted by atomic mass is 9.79. The molecule has 1 aliphatic heterocycles. The first-order valence-electron chi connectivity index (χ1n) is 7.95. The maximum Gasteiger partial charge on any atom is 0.412 e. The van der Waals surface area contributed by atoms with Crippen LogP contribution in [-0.2, 0) is 15.1 Å². The highest BCUT2D eigenvalue weighted by atomic mass is 19.3. The number of carbonyl (C=O) groups is 2. The molecule has 0 aromatic heterocycles. The van der Waals surface area contributed by atoms with Crippen LogP contribution < -0.4 is 10.6 Å². The van der Waals surface area contributed by atoms with Gasteiger partial charge in [0.05, 0.1) is 0 Å². The van der Waals surface area contributed by atoms with E-state index in [1.54, 1.807) is 20.8 Å². The second-order valence-corrected chi connectivity index (χ2v) is 7.11. The van der Waals surface area contributed by atoms with Crippen LogP contribution in [0.5, 0.6) is 0 Å². The topological polar surface area (TPSA) is 67.4 Å². The molecule has 1 aliphatic rings. The molecule has 5 nitrogen and oxygen atoms in total. The van der Waals surface area contributed by atoms with Crippen molar-refractivity contribution in [2.24, 2.45) is 0 Å². The molecule has 9 heteroatoms. The molecule has 1 aromatic carbocycles. The number of piperidine rings is 1. The van der Waals surface area contributed by atoms with Gasteiger partial charge in [-0.3, -0.25) is 10.1 Å². The van der Waals surface area contributed by atoms with Gasteiger partial charge in [0.1, 0.15) is 18.1 Å². The van der Waals surface area contributed by atoms with E-state index in [0.717, 1.165) is 18.2 Å². The first kappa shape index (κ1) is 20.0. The van der Waals surface area contributed by atoms with Crippen LogP contribution in [0.4, 0.5) is 28.0 Å². The summed E-state index contributed by atoms with van der Waals surface area (Å²) in [5.41, 5.74) is -4.46. The normalized spacial score (nSPS) is 22.5. The number of alkyl halides is 3. The molecule has 1 fully saturated rings. The summed E-state index contributed by atoms with van der Waals surface area (Å²) >= 11 is 0. The van der Waals surface area contributed by atoms with E-state index in [-0.39, 0.29) is 5.69 Å². The van der Waals surface area contributed by atoms with E-state index in [1.807, 2.05) is 5.32 Å². The molecule has 0 saturated carbocycles.